The van der Waals surface area contributed by atoms with Crippen LogP contribution < -0.4 is 19.9 Å². The van der Waals surface area contributed by atoms with E-state index >= 15 is 0 Å². The van der Waals surface area contributed by atoms with Crippen molar-refractivity contribution in [3.05, 3.63) is 81.7 Å². The van der Waals surface area contributed by atoms with Crippen LogP contribution in [0.5, 0.6) is 5.75 Å². The summed E-state index contributed by atoms with van der Waals surface area (Å²) in [6.45, 7) is 1.62. The lowest BCUT2D eigenvalue weighted by Gasteiger charge is -2.35. The third-order valence-corrected chi connectivity index (χ3v) is 8.56. The minimum Gasteiger partial charge on any atom is -0.483 e. The van der Waals surface area contributed by atoms with Gasteiger partial charge < -0.3 is 9.64 Å². The molecule has 0 unspecified atom stereocenters. The van der Waals surface area contributed by atoms with Crippen LogP contribution in [0.25, 0.3) is 5.69 Å². The number of aromatic nitrogens is 2. The molecule has 2 aromatic carbocycles. The van der Waals surface area contributed by atoms with Gasteiger partial charge in [0.1, 0.15) is 5.69 Å². The first-order valence-corrected chi connectivity index (χ1v) is 14.3. The number of hydrogen-bond donors (Lipinski definition) is 1. The second kappa shape index (κ2) is 11.2. The molecule has 0 atom stereocenters. The van der Waals surface area contributed by atoms with Crippen LogP contribution in [0.1, 0.15) is 31.2 Å². The Morgan fingerprint density at radius 1 is 1.00 bits per heavy atom. The predicted octanol–water partition coefficient (Wildman–Crippen LogP) is 3.36. The van der Waals surface area contributed by atoms with Gasteiger partial charge in [-0.15, -0.1) is 0 Å². The average molecular weight is 544 g/mol. The highest BCUT2D eigenvalue weighted by molar-refractivity contribution is 7.87. The number of nitrogens with zero attached hydrogens (tertiary/aromatic N) is 4. The van der Waals surface area contributed by atoms with E-state index in [4.69, 9.17) is 16.3 Å². The highest BCUT2D eigenvalue weighted by atomic mass is 35.5. The van der Waals surface area contributed by atoms with Gasteiger partial charge in [-0.3, -0.25) is 4.79 Å². The smallest absolute Gasteiger partial charge is 0.316 e. The second-order valence-electron chi connectivity index (χ2n) is 9.28. The van der Waals surface area contributed by atoms with Gasteiger partial charge >= 0.3 is 5.56 Å². The Morgan fingerprint density at radius 2 is 1.73 bits per heavy atom. The molecule has 11 heteroatoms. The fourth-order valence-corrected chi connectivity index (χ4v) is 6.12. The lowest BCUT2D eigenvalue weighted by atomic mass is 10.2. The number of nitrogens with one attached hydrogen (secondary N) is 1. The number of halogens is 1. The minimum absolute atomic E-state index is 0.0227. The Labute approximate surface area is 221 Å². The summed E-state index contributed by atoms with van der Waals surface area (Å²) in [7, 11) is -3.64. The van der Waals surface area contributed by atoms with Crippen molar-refractivity contribution in [2.24, 2.45) is 0 Å². The molecule has 1 aromatic heterocycles. The van der Waals surface area contributed by atoms with Crippen molar-refractivity contribution in [2.75, 3.05) is 31.1 Å². The molecule has 5 rings (SSSR count). The number of hydrogen-bond acceptors (Lipinski definition) is 6. The first-order chi connectivity index (χ1) is 17.9. The summed E-state index contributed by atoms with van der Waals surface area (Å²) < 4.78 is 37.4. The summed E-state index contributed by atoms with van der Waals surface area (Å²) in [6.07, 6.45) is 5.55. The molecule has 1 saturated heterocycles. The van der Waals surface area contributed by atoms with E-state index in [1.807, 2.05) is 35.2 Å². The molecule has 9 nitrogen and oxygen atoms in total. The van der Waals surface area contributed by atoms with Crippen LogP contribution in [0, 0.1) is 0 Å². The first kappa shape index (κ1) is 25.7. The maximum absolute atomic E-state index is 13.6. The molecular formula is C26H30ClN5O4S. The Balaban J connectivity index is 1.34. The average Bonchev–Trinajstić information content (AvgIpc) is 3.43. The Bertz CT molecular complexity index is 1390. The summed E-state index contributed by atoms with van der Waals surface area (Å²) in [5.41, 5.74) is 1.68. The SMILES string of the molecule is O=c1c(OC2CCCC2)c(N2CCN(S(=O)(=O)NCc3ccccc3)CC2)cnn1-c1cccc(Cl)c1. The van der Waals surface area contributed by atoms with Crippen molar-refractivity contribution in [3.8, 4) is 11.4 Å². The standard InChI is InChI=1S/C26H30ClN5O4S/c27-21-9-6-10-22(17-21)32-26(33)25(36-23-11-4-5-12-23)24(19-28-32)30-13-15-31(16-14-30)37(34,35)29-18-20-7-2-1-3-8-20/h1-3,6-10,17,19,23,29H,4-5,11-16,18H2. The number of benzene rings is 2. The van der Waals surface area contributed by atoms with Crippen molar-refractivity contribution < 1.29 is 13.2 Å². The highest BCUT2D eigenvalue weighted by Gasteiger charge is 2.30. The molecule has 37 heavy (non-hydrogen) atoms. The molecule has 2 fully saturated rings. The van der Waals surface area contributed by atoms with Crippen molar-refractivity contribution >= 4 is 27.5 Å². The van der Waals surface area contributed by atoms with Gasteiger partial charge in [0.05, 0.1) is 18.0 Å². The van der Waals surface area contributed by atoms with Gasteiger partial charge in [0.25, 0.3) is 10.2 Å². The zero-order valence-corrected chi connectivity index (χ0v) is 22.0. The topological polar surface area (TPSA) is 96.8 Å². The fraction of sp³-hybridized carbons (Fsp3) is 0.385. The van der Waals surface area contributed by atoms with Crippen LogP contribution in [-0.2, 0) is 16.8 Å². The Kier molecular flexibility index (Phi) is 7.80. The van der Waals surface area contributed by atoms with E-state index in [0.29, 0.717) is 29.5 Å². The second-order valence-corrected chi connectivity index (χ2v) is 11.5. The lowest BCUT2D eigenvalue weighted by Crippen LogP contribution is -2.52. The number of ether oxygens (including phenoxy) is 1. The maximum atomic E-state index is 13.6. The van der Waals surface area contributed by atoms with E-state index in [0.717, 1.165) is 31.2 Å². The normalized spacial score (nSPS) is 17.3. The number of piperazine rings is 1. The highest BCUT2D eigenvalue weighted by Crippen LogP contribution is 2.30. The molecule has 1 saturated carbocycles. The van der Waals surface area contributed by atoms with Crippen molar-refractivity contribution in [3.63, 3.8) is 0 Å². The molecule has 2 heterocycles. The zero-order valence-electron chi connectivity index (χ0n) is 20.4. The third-order valence-electron chi connectivity index (χ3n) is 6.77. The fourth-order valence-electron chi connectivity index (χ4n) is 4.76. The van der Waals surface area contributed by atoms with E-state index in [1.54, 1.807) is 30.5 Å². The first-order valence-electron chi connectivity index (χ1n) is 12.5. The van der Waals surface area contributed by atoms with Gasteiger partial charge in [-0.25, -0.2) is 0 Å². The molecule has 1 aliphatic heterocycles. The van der Waals surface area contributed by atoms with Gasteiger partial charge in [-0.2, -0.15) is 27.2 Å². The van der Waals surface area contributed by atoms with Crippen molar-refractivity contribution in [2.45, 2.75) is 38.3 Å². The summed E-state index contributed by atoms with van der Waals surface area (Å²) in [6, 6.07) is 16.4. The maximum Gasteiger partial charge on any atom is 0.316 e. The van der Waals surface area contributed by atoms with Crippen LogP contribution in [0.15, 0.2) is 65.6 Å². The predicted molar refractivity (Wildman–Crippen MR) is 144 cm³/mol. The zero-order chi connectivity index (χ0) is 25.8. The minimum atomic E-state index is -3.64. The molecule has 0 bridgehead atoms. The van der Waals surface area contributed by atoms with Gasteiger partial charge in [0.15, 0.2) is 0 Å². The van der Waals surface area contributed by atoms with Gasteiger partial charge in [0.2, 0.25) is 5.75 Å². The van der Waals surface area contributed by atoms with E-state index < -0.39 is 10.2 Å². The summed E-state index contributed by atoms with van der Waals surface area (Å²) >= 11 is 6.14. The van der Waals surface area contributed by atoms with Crippen LogP contribution in [0.4, 0.5) is 5.69 Å². The third kappa shape index (κ3) is 5.98. The van der Waals surface area contributed by atoms with E-state index in [2.05, 4.69) is 9.82 Å². The van der Waals surface area contributed by atoms with Crippen LogP contribution >= 0.6 is 11.6 Å². The molecule has 0 spiro atoms. The van der Waals surface area contributed by atoms with Crippen LogP contribution in [-0.4, -0.2) is 54.8 Å². The molecule has 1 aliphatic carbocycles. The van der Waals surface area contributed by atoms with Crippen LogP contribution in [0.2, 0.25) is 5.02 Å². The number of anilines is 1. The quantitative estimate of drug-likeness (QED) is 0.468. The summed E-state index contributed by atoms with van der Waals surface area (Å²) in [5.74, 6) is 0.250. The van der Waals surface area contributed by atoms with Crippen LogP contribution in [0.3, 0.4) is 0 Å². The molecule has 3 aromatic rings. The summed E-state index contributed by atoms with van der Waals surface area (Å²) in [4.78, 5) is 15.5. The summed E-state index contributed by atoms with van der Waals surface area (Å²) in [5, 5.41) is 4.92. The van der Waals surface area contributed by atoms with Gasteiger partial charge in [-0.1, -0.05) is 48.0 Å². The van der Waals surface area contributed by atoms with E-state index in [1.165, 1.54) is 8.99 Å². The van der Waals surface area contributed by atoms with Gasteiger partial charge in [-0.05, 0) is 49.4 Å². The van der Waals surface area contributed by atoms with Crippen molar-refractivity contribution in [1.82, 2.24) is 18.8 Å². The monoisotopic (exact) mass is 543 g/mol. The van der Waals surface area contributed by atoms with Crippen molar-refractivity contribution in [1.29, 1.82) is 0 Å². The molecule has 0 amide bonds. The molecule has 0 radical (unpaired) electrons. The number of rotatable bonds is 8. The van der Waals surface area contributed by atoms with E-state index in [9.17, 15) is 13.2 Å². The molecule has 2 aliphatic rings. The molecular weight excluding hydrogens is 514 g/mol. The molecule has 196 valence electrons. The van der Waals surface area contributed by atoms with Gasteiger partial charge in [0, 0.05) is 37.7 Å². The Morgan fingerprint density at radius 3 is 2.43 bits per heavy atom. The largest absolute Gasteiger partial charge is 0.483 e. The molecule has 1 N–H and O–H groups in total. The van der Waals surface area contributed by atoms with E-state index in [-0.39, 0.29) is 37.0 Å². The Hall–Kier alpha value is -2.92. The lowest BCUT2D eigenvalue weighted by molar-refractivity contribution is 0.205.